The third-order valence-electron chi connectivity index (χ3n) is 3.76. The molecular formula is C16H26N2O2S. The zero-order valence-corrected chi connectivity index (χ0v) is 13.8. The number of hydrogen-bond acceptors (Lipinski definition) is 4. The Balaban J connectivity index is 1.92. The fourth-order valence-corrected chi connectivity index (χ4v) is 4.24. The molecule has 2 rings (SSSR count). The van der Waals surface area contributed by atoms with Crippen LogP contribution < -0.4 is 5.32 Å². The van der Waals surface area contributed by atoms with Gasteiger partial charge in [0.15, 0.2) is 9.84 Å². The molecule has 1 N–H and O–H groups in total. The lowest BCUT2D eigenvalue weighted by Crippen LogP contribution is -2.44. The van der Waals surface area contributed by atoms with Crippen LogP contribution in [-0.4, -0.2) is 51.8 Å². The predicted molar refractivity (Wildman–Crippen MR) is 86.3 cm³/mol. The van der Waals surface area contributed by atoms with Crippen molar-refractivity contribution >= 4 is 9.84 Å². The first-order valence-electron chi connectivity index (χ1n) is 7.72. The van der Waals surface area contributed by atoms with Crippen LogP contribution in [0.5, 0.6) is 0 Å². The molecule has 118 valence electrons. The van der Waals surface area contributed by atoms with Gasteiger partial charge in [-0.2, -0.15) is 0 Å². The minimum absolute atomic E-state index is 0.155. The first-order valence-corrected chi connectivity index (χ1v) is 9.37. The molecular weight excluding hydrogens is 284 g/mol. The van der Waals surface area contributed by atoms with Crippen molar-refractivity contribution in [1.82, 2.24) is 10.2 Å². The minimum atomic E-state index is -3.13. The molecule has 1 heterocycles. The number of rotatable bonds is 6. The molecule has 0 unspecified atom stereocenters. The molecule has 0 atom stereocenters. The van der Waals surface area contributed by atoms with Gasteiger partial charge in [0.05, 0.1) is 10.6 Å². The van der Waals surface area contributed by atoms with Crippen LogP contribution in [0.4, 0.5) is 0 Å². The smallest absolute Gasteiger partial charge is 0.178 e. The topological polar surface area (TPSA) is 49.4 Å². The van der Waals surface area contributed by atoms with Gasteiger partial charge in [-0.15, -0.1) is 0 Å². The number of nitrogens with one attached hydrogen (secondary N) is 1. The Hall–Kier alpha value is -0.910. The van der Waals surface area contributed by atoms with E-state index < -0.39 is 9.84 Å². The Bertz CT molecular complexity index is 532. The van der Waals surface area contributed by atoms with Crippen LogP contribution in [0.15, 0.2) is 29.2 Å². The van der Waals surface area contributed by atoms with Gasteiger partial charge in [0.2, 0.25) is 0 Å². The number of sulfone groups is 1. The van der Waals surface area contributed by atoms with Gasteiger partial charge in [-0.05, 0) is 30.0 Å². The van der Waals surface area contributed by atoms with Crippen LogP contribution >= 0.6 is 0 Å². The van der Waals surface area contributed by atoms with Crippen LogP contribution in [0.1, 0.15) is 19.4 Å². The highest BCUT2D eigenvalue weighted by Gasteiger charge is 2.16. The standard InChI is InChI=1S/C16H26N2O2S/c1-14(2)13-21(19,20)16-5-3-15(4-6-16)7-10-18-11-8-17-9-12-18/h3-6,14,17H,7-13H2,1-2H3. The first kappa shape index (κ1) is 16.5. The highest BCUT2D eigenvalue weighted by atomic mass is 32.2. The summed E-state index contributed by atoms with van der Waals surface area (Å²) < 4.78 is 24.3. The molecule has 0 aliphatic carbocycles. The molecule has 4 nitrogen and oxygen atoms in total. The summed E-state index contributed by atoms with van der Waals surface area (Å²) in [6.07, 6.45) is 0.977. The van der Waals surface area contributed by atoms with Crippen LogP contribution in [0.2, 0.25) is 0 Å². The van der Waals surface area contributed by atoms with Gasteiger partial charge in [-0.1, -0.05) is 26.0 Å². The second-order valence-corrected chi connectivity index (χ2v) is 8.20. The van der Waals surface area contributed by atoms with E-state index in [1.165, 1.54) is 5.56 Å². The van der Waals surface area contributed by atoms with E-state index in [0.717, 1.165) is 39.1 Å². The van der Waals surface area contributed by atoms with Crippen LogP contribution in [0.25, 0.3) is 0 Å². The van der Waals surface area contributed by atoms with E-state index in [0.29, 0.717) is 4.90 Å². The molecule has 0 saturated carbocycles. The number of nitrogens with zero attached hydrogens (tertiary/aromatic N) is 1. The highest BCUT2D eigenvalue weighted by molar-refractivity contribution is 7.91. The summed E-state index contributed by atoms with van der Waals surface area (Å²) in [5.74, 6) is 0.370. The van der Waals surface area contributed by atoms with Gasteiger partial charge in [-0.25, -0.2) is 8.42 Å². The Morgan fingerprint density at radius 1 is 1.14 bits per heavy atom. The second-order valence-electron chi connectivity index (χ2n) is 6.16. The molecule has 1 fully saturated rings. The molecule has 1 aliphatic heterocycles. The van der Waals surface area contributed by atoms with E-state index in [4.69, 9.17) is 0 Å². The SMILES string of the molecule is CC(C)CS(=O)(=O)c1ccc(CCN2CCNCC2)cc1. The predicted octanol–water partition coefficient (Wildman–Crippen LogP) is 1.56. The average Bonchev–Trinajstić information content (AvgIpc) is 2.45. The summed E-state index contributed by atoms with van der Waals surface area (Å²) in [7, 11) is -3.13. The van der Waals surface area contributed by atoms with E-state index in [9.17, 15) is 8.42 Å². The van der Waals surface area contributed by atoms with E-state index in [2.05, 4.69) is 10.2 Å². The molecule has 21 heavy (non-hydrogen) atoms. The lowest BCUT2D eigenvalue weighted by molar-refractivity contribution is 0.244. The van der Waals surface area contributed by atoms with E-state index in [1.807, 2.05) is 26.0 Å². The summed E-state index contributed by atoms with van der Waals surface area (Å²) in [6.45, 7) is 9.22. The summed E-state index contributed by atoms with van der Waals surface area (Å²) >= 11 is 0. The van der Waals surface area contributed by atoms with Gasteiger partial charge in [0.25, 0.3) is 0 Å². The minimum Gasteiger partial charge on any atom is -0.314 e. The third kappa shape index (κ3) is 5.09. The molecule has 0 aromatic heterocycles. The van der Waals surface area contributed by atoms with Gasteiger partial charge in [0, 0.05) is 32.7 Å². The summed E-state index contributed by atoms with van der Waals surface area (Å²) in [6, 6.07) is 7.42. The van der Waals surface area contributed by atoms with Gasteiger partial charge in [0.1, 0.15) is 0 Å². The van der Waals surface area contributed by atoms with E-state index >= 15 is 0 Å². The Morgan fingerprint density at radius 3 is 2.33 bits per heavy atom. The fraction of sp³-hybridized carbons (Fsp3) is 0.625. The van der Waals surface area contributed by atoms with Gasteiger partial charge < -0.3 is 10.2 Å². The van der Waals surface area contributed by atoms with Gasteiger partial charge >= 0.3 is 0 Å². The molecule has 1 saturated heterocycles. The van der Waals surface area contributed by atoms with Crippen LogP contribution in [0, 0.1) is 5.92 Å². The zero-order valence-electron chi connectivity index (χ0n) is 13.0. The summed E-state index contributed by atoms with van der Waals surface area (Å²) in [5.41, 5.74) is 1.21. The molecule has 0 radical (unpaired) electrons. The summed E-state index contributed by atoms with van der Waals surface area (Å²) in [5, 5.41) is 3.34. The molecule has 1 aliphatic rings. The number of benzene rings is 1. The molecule has 0 bridgehead atoms. The maximum absolute atomic E-state index is 12.1. The Morgan fingerprint density at radius 2 is 1.76 bits per heavy atom. The Kier molecular flexibility index (Phi) is 5.79. The largest absolute Gasteiger partial charge is 0.314 e. The number of hydrogen-bond donors (Lipinski definition) is 1. The molecule has 1 aromatic carbocycles. The Labute approximate surface area is 128 Å². The first-order chi connectivity index (χ1) is 9.97. The van der Waals surface area contributed by atoms with Crippen molar-refractivity contribution in [2.75, 3.05) is 38.5 Å². The fourth-order valence-electron chi connectivity index (χ4n) is 2.62. The van der Waals surface area contributed by atoms with Crippen molar-refractivity contribution in [3.05, 3.63) is 29.8 Å². The van der Waals surface area contributed by atoms with Gasteiger partial charge in [-0.3, -0.25) is 0 Å². The summed E-state index contributed by atoms with van der Waals surface area (Å²) in [4.78, 5) is 2.89. The quantitative estimate of drug-likeness (QED) is 0.866. The highest BCUT2D eigenvalue weighted by Crippen LogP contribution is 2.15. The molecule has 0 amide bonds. The monoisotopic (exact) mass is 310 g/mol. The van der Waals surface area contributed by atoms with E-state index in [-0.39, 0.29) is 11.7 Å². The normalized spacial score (nSPS) is 17.3. The number of piperazine rings is 1. The second kappa shape index (κ2) is 7.38. The van der Waals surface area contributed by atoms with Crippen molar-refractivity contribution in [3.63, 3.8) is 0 Å². The maximum Gasteiger partial charge on any atom is 0.178 e. The van der Waals surface area contributed by atoms with Crippen LogP contribution in [-0.2, 0) is 16.3 Å². The van der Waals surface area contributed by atoms with Crippen molar-refractivity contribution in [3.8, 4) is 0 Å². The molecule has 1 aromatic rings. The van der Waals surface area contributed by atoms with Crippen molar-refractivity contribution in [2.24, 2.45) is 5.92 Å². The molecule has 0 spiro atoms. The van der Waals surface area contributed by atoms with Crippen LogP contribution in [0.3, 0.4) is 0 Å². The van der Waals surface area contributed by atoms with Crippen molar-refractivity contribution in [2.45, 2.75) is 25.2 Å². The maximum atomic E-state index is 12.1. The third-order valence-corrected chi connectivity index (χ3v) is 5.86. The zero-order chi connectivity index (χ0) is 15.3. The average molecular weight is 310 g/mol. The van der Waals surface area contributed by atoms with E-state index in [1.54, 1.807) is 12.1 Å². The van der Waals surface area contributed by atoms with Crippen molar-refractivity contribution in [1.29, 1.82) is 0 Å². The lowest BCUT2D eigenvalue weighted by atomic mass is 10.1. The molecule has 5 heteroatoms. The lowest BCUT2D eigenvalue weighted by Gasteiger charge is -2.27. The van der Waals surface area contributed by atoms with Crippen molar-refractivity contribution < 1.29 is 8.42 Å².